The van der Waals surface area contributed by atoms with Gasteiger partial charge in [-0.05, 0) is 19.8 Å². The monoisotopic (exact) mass is 186 g/mol. The average Bonchev–Trinajstić information content (AvgIpc) is 2.52. The van der Waals surface area contributed by atoms with Gasteiger partial charge in [0.2, 0.25) is 0 Å². The molecule has 1 aliphatic carbocycles. The Hall–Kier alpha value is -0.120. The highest BCUT2D eigenvalue weighted by Gasteiger charge is 2.28. The molecular formula is C10H22N2O. The first-order valence-corrected chi connectivity index (χ1v) is 5.19. The van der Waals surface area contributed by atoms with Crippen LogP contribution in [0.25, 0.3) is 0 Å². The second kappa shape index (κ2) is 4.94. The van der Waals surface area contributed by atoms with E-state index in [2.05, 4.69) is 12.2 Å². The number of hydrogen-bond donors (Lipinski definition) is 2. The maximum absolute atomic E-state index is 6.18. The van der Waals surface area contributed by atoms with Crippen LogP contribution in [0.2, 0.25) is 0 Å². The Balaban J connectivity index is 2.11. The van der Waals surface area contributed by atoms with Gasteiger partial charge in [0.05, 0.1) is 6.10 Å². The molecule has 1 atom stereocenters. The van der Waals surface area contributed by atoms with Crippen LogP contribution >= 0.6 is 0 Å². The molecule has 1 fully saturated rings. The van der Waals surface area contributed by atoms with E-state index in [0.717, 1.165) is 13.1 Å². The minimum Gasteiger partial charge on any atom is -0.380 e. The van der Waals surface area contributed by atoms with Crippen LogP contribution in [-0.4, -0.2) is 31.8 Å². The molecule has 0 bridgehead atoms. The lowest BCUT2D eigenvalue weighted by Gasteiger charge is -2.24. The van der Waals surface area contributed by atoms with Crippen molar-refractivity contribution >= 4 is 0 Å². The van der Waals surface area contributed by atoms with Crippen LogP contribution in [0.1, 0.15) is 32.6 Å². The molecule has 1 aliphatic rings. The summed E-state index contributed by atoms with van der Waals surface area (Å²) in [5, 5.41) is 3.37. The number of rotatable bonds is 5. The third-order valence-corrected chi connectivity index (χ3v) is 2.91. The molecule has 1 unspecified atom stereocenters. The third kappa shape index (κ3) is 3.63. The molecule has 0 aromatic heterocycles. The van der Waals surface area contributed by atoms with E-state index in [-0.39, 0.29) is 11.6 Å². The summed E-state index contributed by atoms with van der Waals surface area (Å²) in [6.07, 6.45) is 5.20. The molecule has 13 heavy (non-hydrogen) atoms. The highest BCUT2D eigenvalue weighted by atomic mass is 16.5. The van der Waals surface area contributed by atoms with Gasteiger partial charge in [0.25, 0.3) is 0 Å². The van der Waals surface area contributed by atoms with E-state index in [1.54, 1.807) is 7.11 Å². The van der Waals surface area contributed by atoms with Crippen molar-refractivity contribution in [3.63, 3.8) is 0 Å². The molecule has 3 N–H and O–H groups in total. The van der Waals surface area contributed by atoms with Crippen LogP contribution in [0.5, 0.6) is 0 Å². The lowest BCUT2D eigenvalue weighted by Crippen LogP contribution is -2.47. The molecule has 0 aromatic carbocycles. The predicted molar refractivity (Wildman–Crippen MR) is 54.7 cm³/mol. The standard InChI is InChI=1S/C10H22N2O/c1-9(13-2)7-12-8-10(11)5-3-4-6-10/h9,12H,3-8,11H2,1-2H3. The number of methoxy groups -OCH3 is 1. The largest absolute Gasteiger partial charge is 0.380 e. The van der Waals surface area contributed by atoms with Crippen molar-refractivity contribution in [2.24, 2.45) is 5.73 Å². The molecule has 0 aliphatic heterocycles. The van der Waals surface area contributed by atoms with Gasteiger partial charge >= 0.3 is 0 Å². The first-order chi connectivity index (χ1) is 6.16. The molecule has 0 amide bonds. The molecule has 0 spiro atoms. The maximum atomic E-state index is 6.18. The molecule has 3 heteroatoms. The summed E-state index contributed by atoms with van der Waals surface area (Å²) >= 11 is 0. The van der Waals surface area contributed by atoms with Gasteiger partial charge in [0.15, 0.2) is 0 Å². The van der Waals surface area contributed by atoms with Gasteiger partial charge in [-0.3, -0.25) is 0 Å². The number of ether oxygens (including phenoxy) is 1. The summed E-state index contributed by atoms with van der Waals surface area (Å²) < 4.78 is 5.14. The summed E-state index contributed by atoms with van der Waals surface area (Å²) in [6, 6.07) is 0. The first kappa shape index (κ1) is 11.0. The number of hydrogen-bond acceptors (Lipinski definition) is 3. The summed E-state index contributed by atoms with van der Waals surface area (Å²) in [4.78, 5) is 0. The van der Waals surface area contributed by atoms with Crippen LogP contribution in [0, 0.1) is 0 Å². The van der Waals surface area contributed by atoms with Gasteiger partial charge in [0, 0.05) is 25.7 Å². The Morgan fingerprint density at radius 2 is 2.08 bits per heavy atom. The van der Waals surface area contributed by atoms with Crippen LogP contribution in [0.4, 0.5) is 0 Å². The van der Waals surface area contributed by atoms with E-state index < -0.39 is 0 Å². The van der Waals surface area contributed by atoms with Gasteiger partial charge in [0.1, 0.15) is 0 Å². The summed E-state index contributed by atoms with van der Waals surface area (Å²) in [7, 11) is 1.74. The lowest BCUT2D eigenvalue weighted by atomic mass is 9.99. The van der Waals surface area contributed by atoms with Crippen molar-refractivity contribution in [1.82, 2.24) is 5.32 Å². The zero-order valence-electron chi connectivity index (χ0n) is 8.81. The normalized spacial score (nSPS) is 23.3. The van der Waals surface area contributed by atoms with Gasteiger partial charge in [-0.1, -0.05) is 12.8 Å². The van der Waals surface area contributed by atoms with Crippen molar-refractivity contribution in [3.05, 3.63) is 0 Å². The fourth-order valence-corrected chi connectivity index (χ4v) is 1.86. The molecule has 0 saturated heterocycles. The first-order valence-electron chi connectivity index (χ1n) is 5.19. The van der Waals surface area contributed by atoms with E-state index in [1.807, 2.05) is 0 Å². The minimum absolute atomic E-state index is 0.0630. The van der Waals surface area contributed by atoms with E-state index in [4.69, 9.17) is 10.5 Å². The molecule has 0 aromatic rings. The van der Waals surface area contributed by atoms with Crippen molar-refractivity contribution in [2.45, 2.75) is 44.2 Å². The van der Waals surface area contributed by atoms with E-state index >= 15 is 0 Å². The molecule has 3 nitrogen and oxygen atoms in total. The van der Waals surface area contributed by atoms with Crippen molar-refractivity contribution in [1.29, 1.82) is 0 Å². The second-order valence-electron chi connectivity index (χ2n) is 4.25. The second-order valence-corrected chi connectivity index (χ2v) is 4.25. The summed E-state index contributed by atoms with van der Waals surface area (Å²) in [5.74, 6) is 0. The highest BCUT2D eigenvalue weighted by Crippen LogP contribution is 2.26. The zero-order valence-corrected chi connectivity index (χ0v) is 8.81. The SMILES string of the molecule is COC(C)CNCC1(N)CCCC1. The summed E-state index contributed by atoms with van der Waals surface area (Å²) in [6.45, 7) is 3.89. The highest BCUT2D eigenvalue weighted by molar-refractivity contribution is 4.91. The predicted octanol–water partition coefficient (Wildman–Crippen LogP) is 0.882. The van der Waals surface area contributed by atoms with Gasteiger partial charge in [-0.15, -0.1) is 0 Å². The van der Waals surface area contributed by atoms with E-state index in [9.17, 15) is 0 Å². The Bertz CT molecular complexity index is 144. The Morgan fingerprint density at radius 1 is 1.46 bits per heavy atom. The molecular weight excluding hydrogens is 164 g/mol. The number of nitrogens with one attached hydrogen (secondary N) is 1. The molecule has 78 valence electrons. The topological polar surface area (TPSA) is 47.3 Å². The number of nitrogens with two attached hydrogens (primary N) is 1. The van der Waals surface area contributed by atoms with Crippen molar-refractivity contribution < 1.29 is 4.74 Å². The van der Waals surface area contributed by atoms with Gasteiger partial charge in [-0.25, -0.2) is 0 Å². The van der Waals surface area contributed by atoms with Gasteiger partial charge in [-0.2, -0.15) is 0 Å². The molecule has 1 rings (SSSR count). The quantitative estimate of drug-likeness (QED) is 0.670. The smallest absolute Gasteiger partial charge is 0.0667 e. The average molecular weight is 186 g/mol. The van der Waals surface area contributed by atoms with E-state index in [1.165, 1.54) is 25.7 Å². The Morgan fingerprint density at radius 3 is 2.62 bits per heavy atom. The summed E-state index contributed by atoms with van der Waals surface area (Å²) in [5.41, 5.74) is 6.25. The van der Waals surface area contributed by atoms with Gasteiger partial charge < -0.3 is 15.8 Å². The minimum atomic E-state index is 0.0630. The fraction of sp³-hybridized carbons (Fsp3) is 1.00. The van der Waals surface area contributed by atoms with Crippen molar-refractivity contribution in [3.8, 4) is 0 Å². The van der Waals surface area contributed by atoms with Crippen LogP contribution < -0.4 is 11.1 Å². The van der Waals surface area contributed by atoms with Crippen LogP contribution in [-0.2, 0) is 4.74 Å². The van der Waals surface area contributed by atoms with Crippen molar-refractivity contribution in [2.75, 3.05) is 20.2 Å². The third-order valence-electron chi connectivity index (χ3n) is 2.91. The molecule has 0 radical (unpaired) electrons. The lowest BCUT2D eigenvalue weighted by molar-refractivity contribution is 0.115. The van der Waals surface area contributed by atoms with Crippen LogP contribution in [0.3, 0.4) is 0 Å². The van der Waals surface area contributed by atoms with E-state index in [0.29, 0.717) is 0 Å². The Labute approximate surface area is 81.0 Å². The maximum Gasteiger partial charge on any atom is 0.0667 e. The molecule has 0 heterocycles. The fourth-order valence-electron chi connectivity index (χ4n) is 1.86. The Kier molecular flexibility index (Phi) is 4.16. The zero-order chi connectivity index (χ0) is 9.73. The van der Waals surface area contributed by atoms with Crippen LogP contribution in [0.15, 0.2) is 0 Å². The molecule has 1 saturated carbocycles.